The summed E-state index contributed by atoms with van der Waals surface area (Å²) in [6, 6.07) is 6.34. The molecule has 2 amide bonds. The Balaban J connectivity index is 1.68. The molecule has 0 radical (unpaired) electrons. The average Bonchev–Trinajstić information content (AvgIpc) is 3.31. The van der Waals surface area contributed by atoms with Crippen molar-refractivity contribution in [1.29, 1.82) is 0 Å². The van der Waals surface area contributed by atoms with Gasteiger partial charge in [0.25, 0.3) is 11.8 Å². The highest BCUT2D eigenvalue weighted by molar-refractivity contribution is 6.32. The molecule has 36 heavy (non-hydrogen) atoms. The fraction of sp³-hybridized carbons (Fsp3) is 0.480. The summed E-state index contributed by atoms with van der Waals surface area (Å²) in [7, 11) is 1.61. The van der Waals surface area contributed by atoms with Gasteiger partial charge in [0.05, 0.1) is 16.5 Å². The molecule has 2 aliphatic heterocycles. The normalized spacial score (nSPS) is 17.7. The maximum absolute atomic E-state index is 13.1. The zero-order chi connectivity index (χ0) is 26.2. The lowest BCUT2D eigenvalue weighted by atomic mass is 9.97. The number of esters is 1. The minimum atomic E-state index is -0.886. The standard InChI is InChI=1S/C25H29ClN4O6/c1-25(2,3)24(34)36-20-19-23(33)28(4)12-13-30(19)21(27-22(20)32)16-9-7-11-29(16)18(31)14-35-17-10-6-5-8-15(17)26/h5-6,8,10,16H,7,9,11-14H2,1-4H3. The number of fused-ring (bicyclic) bond motifs is 1. The van der Waals surface area contributed by atoms with Crippen molar-refractivity contribution in [3.05, 3.63) is 51.2 Å². The quantitative estimate of drug-likeness (QED) is 0.562. The van der Waals surface area contributed by atoms with E-state index in [-0.39, 0.29) is 24.0 Å². The van der Waals surface area contributed by atoms with Crippen molar-refractivity contribution in [3.8, 4) is 11.5 Å². The van der Waals surface area contributed by atoms with Gasteiger partial charge in [-0.25, -0.2) is 0 Å². The number of ether oxygens (including phenoxy) is 2. The molecule has 0 spiro atoms. The summed E-state index contributed by atoms with van der Waals surface area (Å²) in [5.74, 6) is -1.06. The summed E-state index contributed by atoms with van der Waals surface area (Å²) < 4.78 is 12.7. The Bertz CT molecular complexity index is 1270. The van der Waals surface area contributed by atoms with Gasteiger partial charge in [-0.2, -0.15) is 4.98 Å². The fourth-order valence-corrected chi connectivity index (χ4v) is 4.43. The van der Waals surface area contributed by atoms with Gasteiger partial charge >= 0.3 is 11.5 Å². The number of nitrogens with zero attached hydrogens (tertiary/aromatic N) is 4. The third-order valence-corrected chi connectivity index (χ3v) is 6.56. The van der Waals surface area contributed by atoms with Gasteiger partial charge < -0.3 is 23.8 Å². The Morgan fingerprint density at radius 2 is 1.86 bits per heavy atom. The maximum Gasteiger partial charge on any atom is 0.316 e. The summed E-state index contributed by atoms with van der Waals surface area (Å²) in [6.45, 7) is 5.91. The summed E-state index contributed by atoms with van der Waals surface area (Å²) in [5.41, 5.74) is -1.73. The molecule has 1 fully saturated rings. The summed E-state index contributed by atoms with van der Waals surface area (Å²) in [6.07, 6.45) is 1.26. The van der Waals surface area contributed by atoms with Gasteiger partial charge in [-0.05, 0) is 45.7 Å². The molecule has 0 aliphatic carbocycles. The molecule has 4 rings (SSSR count). The van der Waals surface area contributed by atoms with E-state index in [0.717, 1.165) is 0 Å². The first-order valence-corrected chi connectivity index (χ1v) is 12.2. The molecule has 1 unspecified atom stereocenters. The molecule has 1 aromatic carbocycles. The zero-order valence-corrected chi connectivity index (χ0v) is 21.5. The highest BCUT2D eigenvalue weighted by atomic mass is 35.5. The molecule has 192 valence electrons. The number of likely N-dealkylation sites (tertiary alicyclic amines) is 1. The third-order valence-electron chi connectivity index (χ3n) is 6.25. The Morgan fingerprint density at radius 1 is 1.14 bits per heavy atom. The Morgan fingerprint density at radius 3 is 2.56 bits per heavy atom. The van der Waals surface area contributed by atoms with Crippen LogP contribution in [0.2, 0.25) is 5.02 Å². The molecule has 11 heteroatoms. The predicted molar refractivity (Wildman–Crippen MR) is 131 cm³/mol. The number of para-hydroxylation sites is 1. The van der Waals surface area contributed by atoms with Crippen molar-refractivity contribution in [2.45, 2.75) is 46.2 Å². The van der Waals surface area contributed by atoms with E-state index >= 15 is 0 Å². The van der Waals surface area contributed by atoms with Crippen LogP contribution < -0.4 is 15.0 Å². The number of benzene rings is 1. The van der Waals surface area contributed by atoms with Gasteiger partial charge in [-0.1, -0.05) is 23.7 Å². The van der Waals surface area contributed by atoms with Crippen molar-refractivity contribution in [1.82, 2.24) is 19.4 Å². The van der Waals surface area contributed by atoms with Gasteiger partial charge in [0.1, 0.15) is 11.6 Å². The number of halogens is 1. The van der Waals surface area contributed by atoms with Crippen LogP contribution in [0.25, 0.3) is 0 Å². The van der Waals surface area contributed by atoms with E-state index in [1.54, 1.807) is 61.6 Å². The molecular formula is C25H29ClN4O6. The van der Waals surface area contributed by atoms with E-state index in [9.17, 15) is 19.2 Å². The molecule has 0 N–H and O–H groups in total. The van der Waals surface area contributed by atoms with Gasteiger partial charge in [0.15, 0.2) is 12.3 Å². The lowest BCUT2D eigenvalue weighted by Crippen LogP contribution is -2.44. The second kappa shape index (κ2) is 9.93. The van der Waals surface area contributed by atoms with E-state index in [0.29, 0.717) is 49.1 Å². The Labute approximate surface area is 213 Å². The third kappa shape index (κ3) is 4.95. The molecule has 2 aliphatic rings. The number of amides is 2. The topological polar surface area (TPSA) is 111 Å². The molecule has 1 saturated heterocycles. The van der Waals surface area contributed by atoms with Crippen molar-refractivity contribution < 1.29 is 23.9 Å². The van der Waals surface area contributed by atoms with E-state index in [1.165, 1.54) is 4.90 Å². The second-order valence-corrected chi connectivity index (χ2v) is 10.3. The number of hydrogen-bond donors (Lipinski definition) is 0. The van der Waals surface area contributed by atoms with Crippen molar-refractivity contribution in [2.24, 2.45) is 5.41 Å². The lowest BCUT2D eigenvalue weighted by molar-refractivity contribution is -0.143. The highest BCUT2D eigenvalue weighted by Crippen LogP contribution is 2.34. The SMILES string of the molecule is CN1CCn2c(C3CCCN3C(=O)COc3ccccc3Cl)nc(=O)c(OC(=O)C(C)(C)C)c2C1=O. The molecule has 10 nitrogen and oxygen atoms in total. The van der Waals surface area contributed by atoms with Gasteiger partial charge in [0.2, 0.25) is 5.75 Å². The van der Waals surface area contributed by atoms with Gasteiger partial charge in [-0.15, -0.1) is 0 Å². The summed E-state index contributed by atoms with van der Waals surface area (Å²) in [5, 5.41) is 0.397. The minimum absolute atomic E-state index is 0.0250. The molecule has 3 heterocycles. The first kappa shape index (κ1) is 25.7. The second-order valence-electron chi connectivity index (χ2n) is 9.94. The van der Waals surface area contributed by atoms with E-state index in [4.69, 9.17) is 21.1 Å². The van der Waals surface area contributed by atoms with Gasteiger partial charge in [0, 0.05) is 26.7 Å². The Hall–Kier alpha value is -3.40. The van der Waals surface area contributed by atoms with Crippen molar-refractivity contribution in [3.63, 3.8) is 0 Å². The lowest BCUT2D eigenvalue weighted by Gasteiger charge is -2.33. The van der Waals surface area contributed by atoms with Gasteiger partial charge in [-0.3, -0.25) is 19.2 Å². The number of carbonyl (C=O) groups excluding carboxylic acids is 3. The highest BCUT2D eigenvalue weighted by Gasteiger charge is 2.39. The number of rotatable bonds is 5. The number of hydrogen-bond acceptors (Lipinski definition) is 7. The number of likely N-dealkylation sites (N-methyl/N-ethyl adjacent to an activating group) is 1. The number of carbonyl (C=O) groups is 3. The first-order chi connectivity index (χ1) is 17.0. The fourth-order valence-electron chi connectivity index (χ4n) is 4.23. The van der Waals surface area contributed by atoms with Crippen LogP contribution in [-0.2, 0) is 16.1 Å². The van der Waals surface area contributed by atoms with Crippen LogP contribution in [0, 0.1) is 5.41 Å². The van der Waals surface area contributed by atoms with Crippen molar-refractivity contribution >= 4 is 29.4 Å². The molecular weight excluding hydrogens is 488 g/mol. The zero-order valence-electron chi connectivity index (χ0n) is 20.7. The van der Waals surface area contributed by atoms with Crippen LogP contribution in [0.3, 0.4) is 0 Å². The average molecular weight is 517 g/mol. The maximum atomic E-state index is 13.1. The van der Waals surface area contributed by atoms with Crippen molar-refractivity contribution in [2.75, 3.05) is 26.7 Å². The molecule has 0 saturated carbocycles. The Kier molecular flexibility index (Phi) is 7.08. The van der Waals surface area contributed by atoms with E-state index in [1.807, 2.05) is 0 Å². The minimum Gasteiger partial charge on any atom is -0.482 e. The van der Waals surface area contributed by atoms with E-state index in [2.05, 4.69) is 4.98 Å². The van der Waals surface area contributed by atoms with Crippen LogP contribution in [0.5, 0.6) is 11.5 Å². The van der Waals surface area contributed by atoms with Crippen LogP contribution in [-0.4, -0.2) is 63.9 Å². The molecule has 1 atom stereocenters. The monoisotopic (exact) mass is 516 g/mol. The van der Waals surface area contributed by atoms with E-state index < -0.39 is 28.9 Å². The summed E-state index contributed by atoms with van der Waals surface area (Å²) in [4.78, 5) is 59.2. The van der Waals surface area contributed by atoms with Crippen LogP contribution in [0.4, 0.5) is 0 Å². The predicted octanol–water partition coefficient (Wildman–Crippen LogP) is 2.68. The summed E-state index contributed by atoms with van der Waals surface area (Å²) >= 11 is 6.12. The van der Waals surface area contributed by atoms with Crippen LogP contribution >= 0.6 is 11.6 Å². The largest absolute Gasteiger partial charge is 0.482 e. The molecule has 2 aromatic rings. The number of aromatic nitrogens is 2. The molecule has 0 bridgehead atoms. The van der Waals surface area contributed by atoms with Crippen LogP contribution in [0.15, 0.2) is 29.1 Å². The van der Waals surface area contributed by atoms with Crippen LogP contribution in [0.1, 0.15) is 56.0 Å². The molecule has 1 aromatic heterocycles. The first-order valence-electron chi connectivity index (χ1n) is 11.8. The smallest absolute Gasteiger partial charge is 0.316 e.